The predicted molar refractivity (Wildman–Crippen MR) is 108 cm³/mol. The first kappa shape index (κ1) is 21.1. The third-order valence-electron chi connectivity index (χ3n) is 3.89. The molecular formula is C19H21BrN2O4S. The number of carbonyl (C=O) groups is 2. The van der Waals surface area contributed by atoms with Crippen LogP contribution in [0.25, 0.3) is 0 Å². The first-order valence-electron chi connectivity index (χ1n) is 8.29. The number of amides is 2. The van der Waals surface area contributed by atoms with Crippen LogP contribution in [0.1, 0.15) is 17.5 Å². The van der Waals surface area contributed by atoms with Crippen LogP contribution in [0.4, 0.5) is 5.69 Å². The van der Waals surface area contributed by atoms with E-state index in [9.17, 15) is 18.0 Å². The number of aryl methyl sites for hydroxylation is 2. The third-order valence-corrected chi connectivity index (χ3v) is 6.11. The molecule has 2 aromatic carbocycles. The second-order valence-electron chi connectivity index (χ2n) is 6.17. The second kappa shape index (κ2) is 9.14. The van der Waals surface area contributed by atoms with E-state index in [4.69, 9.17) is 0 Å². The van der Waals surface area contributed by atoms with E-state index >= 15 is 0 Å². The van der Waals surface area contributed by atoms with E-state index in [1.54, 1.807) is 24.3 Å². The van der Waals surface area contributed by atoms with Crippen LogP contribution in [0.15, 0.2) is 51.8 Å². The van der Waals surface area contributed by atoms with Gasteiger partial charge in [-0.1, -0.05) is 33.6 Å². The molecule has 0 aliphatic heterocycles. The van der Waals surface area contributed by atoms with Crippen LogP contribution in [0.3, 0.4) is 0 Å². The first-order valence-corrected chi connectivity index (χ1v) is 10.7. The molecule has 6 nitrogen and oxygen atoms in total. The fourth-order valence-corrected chi connectivity index (χ4v) is 4.04. The molecule has 0 aromatic heterocycles. The standard InChI is InChI=1S/C19H21BrN2O4S/c1-13-3-6-16(7-4-13)27(25,26)10-9-18(23)21-12-19(24)22-17-8-5-15(20)11-14(17)2/h3-8,11H,9-10,12H2,1-2H3,(H,21,23)(H,22,24). The molecule has 2 amide bonds. The zero-order valence-electron chi connectivity index (χ0n) is 15.1. The lowest BCUT2D eigenvalue weighted by atomic mass is 10.2. The summed E-state index contributed by atoms with van der Waals surface area (Å²) in [5.74, 6) is -1.18. The number of carbonyl (C=O) groups excluding carboxylic acids is 2. The number of sulfone groups is 1. The molecule has 0 spiro atoms. The molecule has 2 rings (SSSR count). The number of anilines is 1. The molecule has 144 valence electrons. The van der Waals surface area contributed by atoms with Crippen molar-refractivity contribution in [3.8, 4) is 0 Å². The van der Waals surface area contributed by atoms with E-state index in [1.165, 1.54) is 12.1 Å². The van der Waals surface area contributed by atoms with Gasteiger partial charge in [0.15, 0.2) is 9.84 Å². The molecule has 0 aliphatic rings. The number of hydrogen-bond donors (Lipinski definition) is 2. The Balaban J connectivity index is 1.81. The van der Waals surface area contributed by atoms with Gasteiger partial charge < -0.3 is 10.6 Å². The highest BCUT2D eigenvalue weighted by molar-refractivity contribution is 9.10. The van der Waals surface area contributed by atoms with E-state index in [1.807, 2.05) is 19.9 Å². The average Bonchev–Trinajstić information content (AvgIpc) is 2.61. The Hall–Kier alpha value is -2.19. The largest absolute Gasteiger partial charge is 0.347 e. The van der Waals surface area contributed by atoms with E-state index in [2.05, 4.69) is 26.6 Å². The molecule has 2 N–H and O–H groups in total. The van der Waals surface area contributed by atoms with Crippen LogP contribution in [0.5, 0.6) is 0 Å². The number of halogens is 1. The fourth-order valence-electron chi connectivity index (χ4n) is 2.32. The van der Waals surface area contributed by atoms with Crippen LogP contribution in [-0.2, 0) is 19.4 Å². The smallest absolute Gasteiger partial charge is 0.243 e. The Labute approximate surface area is 167 Å². The van der Waals surface area contributed by atoms with E-state index in [0.717, 1.165) is 15.6 Å². The summed E-state index contributed by atoms with van der Waals surface area (Å²) in [5, 5.41) is 5.15. The first-order chi connectivity index (χ1) is 12.7. The van der Waals surface area contributed by atoms with Crippen molar-refractivity contribution in [1.82, 2.24) is 5.32 Å². The number of nitrogens with one attached hydrogen (secondary N) is 2. The van der Waals surface area contributed by atoms with Gasteiger partial charge in [-0.15, -0.1) is 0 Å². The summed E-state index contributed by atoms with van der Waals surface area (Å²) in [7, 11) is -3.53. The van der Waals surface area contributed by atoms with Crippen LogP contribution < -0.4 is 10.6 Å². The summed E-state index contributed by atoms with van der Waals surface area (Å²) in [6.45, 7) is 3.50. The monoisotopic (exact) mass is 452 g/mol. The van der Waals surface area contributed by atoms with Gasteiger partial charge in [0.25, 0.3) is 0 Å². The minimum absolute atomic E-state index is 0.185. The van der Waals surface area contributed by atoms with Gasteiger partial charge in [0.05, 0.1) is 17.2 Å². The maximum absolute atomic E-state index is 12.2. The van der Waals surface area contributed by atoms with Crippen LogP contribution in [0.2, 0.25) is 0 Å². The Morgan fingerprint density at radius 3 is 2.30 bits per heavy atom. The zero-order valence-corrected chi connectivity index (χ0v) is 17.5. The number of benzene rings is 2. The van der Waals surface area contributed by atoms with Crippen molar-refractivity contribution in [3.63, 3.8) is 0 Å². The Morgan fingerprint density at radius 2 is 1.67 bits per heavy atom. The minimum Gasteiger partial charge on any atom is -0.347 e. The van der Waals surface area contributed by atoms with Gasteiger partial charge in [-0.3, -0.25) is 9.59 Å². The number of rotatable bonds is 7. The molecule has 0 radical (unpaired) electrons. The van der Waals surface area contributed by atoms with Crippen molar-refractivity contribution in [2.75, 3.05) is 17.6 Å². The summed E-state index contributed by atoms with van der Waals surface area (Å²) in [5.41, 5.74) is 2.49. The van der Waals surface area contributed by atoms with Gasteiger partial charge in [0.1, 0.15) is 0 Å². The molecule has 0 atom stereocenters. The Bertz CT molecular complexity index is 941. The number of hydrogen-bond acceptors (Lipinski definition) is 4. The minimum atomic E-state index is -3.53. The lowest BCUT2D eigenvalue weighted by molar-refractivity contribution is -0.123. The summed E-state index contributed by atoms with van der Waals surface area (Å²) in [6, 6.07) is 11.9. The van der Waals surface area contributed by atoms with Gasteiger partial charge in [0, 0.05) is 16.6 Å². The lowest BCUT2D eigenvalue weighted by Crippen LogP contribution is -2.33. The Kier molecular flexibility index (Phi) is 7.15. The highest BCUT2D eigenvalue weighted by atomic mass is 79.9. The zero-order chi connectivity index (χ0) is 20.0. The van der Waals surface area contributed by atoms with Gasteiger partial charge in [-0.25, -0.2) is 8.42 Å². The third kappa shape index (κ3) is 6.48. The SMILES string of the molecule is Cc1ccc(S(=O)(=O)CCC(=O)NCC(=O)Nc2ccc(Br)cc2C)cc1. The molecular weight excluding hydrogens is 432 g/mol. The summed E-state index contributed by atoms with van der Waals surface area (Å²) >= 11 is 3.35. The van der Waals surface area contributed by atoms with E-state index < -0.39 is 15.7 Å². The highest BCUT2D eigenvalue weighted by Gasteiger charge is 2.16. The van der Waals surface area contributed by atoms with E-state index in [-0.39, 0.29) is 29.5 Å². The normalized spacial score (nSPS) is 11.1. The molecule has 0 unspecified atom stereocenters. The van der Waals surface area contributed by atoms with Gasteiger partial charge in [0.2, 0.25) is 11.8 Å². The van der Waals surface area contributed by atoms with Crippen molar-refractivity contribution in [3.05, 3.63) is 58.1 Å². The maximum atomic E-state index is 12.2. The van der Waals surface area contributed by atoms with Crippen LogP contribution in [-0.4, -0.2) is 32.5 Å². The van der Waals surface area contributed by atoms with Crippen molar-refractivity contribution < 1.29 is 18.0 Å². The topological polar surface area (TPSA) is 92.3 Å². The highest BCUT2D eigenvalue weighted by Crippen LogP contribution is 2.19. The van der Waals surface area contributed by atoms with Crippen molar-refractivity contribution in [1.29, 1.82) is 0 Å². The van der Waals surface area contributed by atoms with Gasteiger partial charge >= 0.3 is 0 Å². The predicted octanol–water partition coefficient (Wildman–Crippen LogP) is 2.98. The summed E-state index contributed by atoms with van der Waals surface area (Å²) in [6.07, 6.45) is -0.208. The van der Waals surface area contributed by atoms with Crippen molar-refractivity contribution >= 4 is 43.3 Å². The van der Waals surface area contributed by atoms with Crippen LogP contribution in [0, 0.1) is 13.8 Å². The molecule has 0 bridgehead atoms. The molecule has 0 saturated heterocycles. The molecule has 0 heterocycles. The molecule has 0 saturated carbocycles. The molecule has 27 heavy (non-hydrogen) atoms. The fraction of sp³-hybridized carbons (Fsp3) is 0.263. The second-order valence-corrected chi connectivity index (χ2v) is 9.19. The van der Waals surface area contributed by atoms with Crippen molar-refractivity contribution in [2.24, 2.45) is 0 Å². The molecule has 0 aliphatic carbocycles. The quantitative estimate of drug-likeness (QED) is 0.674. The molecule has 0 fully saturated rings. The van der Waals surface area contributed by atoms with Gasteiger partial charge in [-0.05, 0) is 49.7 Å². The summed E-state index contributed by atoms with van der Waals surface area (Å²) < 4.78 is 25.4. The molecule has 2 aromatic rings. The maximum Gasteiger partial charge on any atom is 0.243 e. The average molecular weight is 453 g/mol. The Morgan fingerprint density at radius 1 is 1.00 bits per heavy atom. The lowest BCUT2D eigenvalue weighted by Gasteiger charge is -2.10. The summed E-state index contributed by atoms with van der Waals surface area (Å²) in [4.78, 5) is 24.0. The van der Waals surface area contributed by atoms with Crippen molar-refractivity contribution in [2.45, 2.75) is 25.2 Å². The van der Waals surface area contributed by atoms with Crippen LogP contribution >= 0.6 is 15.9 Å². The van der Waals surface area contributed by atoms with Gasteiger partial charge in [-0.2, -0.15) is 0 Å². The molecule has 8 heteroatoms. The van der Waals surface area contributed by atoms with E-state index in [0.29, 0.717) is 5.69 Å².